The molecule has 0 saturated carbocycles. The molecule has 1 atom stereocenters. The average molecular weight is 354 g/mol. The summed E-state index contributed by atoms with van der Waals surface area (Å²) >= 11 is 0. The quantitative estimate of drug-likeness (QED) is 0.715. The molecule has 4 rings (SSSR count). The van der Waals surface area contributed by atoms with Crippen LogP contribution in [0.4, 0.5) is 0 Å². The van der Waals surface area contributed by atoms with E-state index in [1.807, 2.05) is 50.1 Å². The molecule has 0 unspecified atom stereocenters. The number of ether oxygens (including phenoxy) is 1. The number of fused-ring (bicyclic) bond motifs is 2. The van der Waals surface area contributed by atoms with Gasteiger partial charge >= 0.3 is 0 Å². The highest BCUT2D eigenvalue weighted by molar-refractivity contribution is 6.05. The first-order valence-corrected chi connectivity index (χ1v) is 8.84. The number of hydrogen-bond acceptors (Lipinski definition) is 5. The molecule has 0 bridgehead atoms. The standard InChI is InChI=1S/C18H22N6O2/c1-4-26-11-15-19-20-17-12(2)23(9-10-24(15)17)18(25)16-13-7-5-6-8-14(13)22(3)21-16/h5-8,12H,4,9-11H2,1-3H3/t12-/m0/s1. The first-order valence-electron chi connectivity index (χ1n) is 8.84. The van der Waals surface area contributed by atoms with E-state index in [1.54, 1.807) is 4.68 Å². The Labute approximate surface area is 151 Å². The van der Waals surface area contributed by atoms with Crippen LogP contribution in [0.15, 0.2) is 24.3 Å². The third kappa shape index (κ3) is 2.57. The molecule has 3 heterocycles. The minimum atomic E-state index is -0.167. The number of benzene rings is 1. The van der Waals surface area contributed by atoms with Crippen molar-refractivity contribution in [3.8, 4) is 0 Å². The van der Waals surface area contributed by atoms with Crippen LogP contribution in [0.2, 0.25) is 0 Å². The summed E-state index contributed by atoms with van der Waals surface area (Å²) < 4.78 is 9.26. The van der Waals surface area contributed by atoms with Crippen molar-refractivity contribution in [1.82, 2.24) is 29.4 Å². The predicted octanol–water partition coefficient (Wildman–Crippen LogP) is 1.92. The molecule has 0 fully saturated rings. The molecule has 1 amide bonds. The van der Waals surface area contributed by atoms with Gasteiger partial charge in [-0.3, -0.25) is 9.48 Å². The zero-order chi connectivity index (χ0) is 18.3. The maximum Gasteiger partial charge on any atom is 0.275 e. The number of para-hydroxylation sites is 1. The van der Waals surface area contributed by atoms with Gasteiger partial charge in [0.2, 0.25) is 0 Å². The third-order valence-electron chi connectivity index (χ3n) is 4.92. The third-order valence-corrected chi connectivity index (χ3v) is 4.92. The largest absolute Gasteiger partial charge is 0.374 e. The summed E-state index contributed by atoms with van der Waals surface area (Å²) in [5.74, 6) is 1.53. The molecule has 2 aromatic heterocycles. The van der Waals surface area contributed by atoms with Gasteiger partial charge in [-0.15, -0.1) is 10.2 Å². The van der Waals surface area contributed by atoms with Crippen LogP contribution < -0.4 is 0 Å². The minimum Gasteiger partial charge on any atom is -0.374 e. The molecule has 26 heavy (non-hydrogen) atoms. The van der Waals surface area contributed by atoms with Gasteiger partial charge in [-0.25, -0.2) is 0 Å². The van der Waals surface area contributed by atoms with Crippen molar-refractivity contribution in [2.75, 3.05) is 13.2 Å². The highest BCUT2D eigenvalue weighted by atomic mass is 16.5. The van der Waals surface area contributed by atoms with E-state index in [0.717, 1.165) is 22.6 Å². The normalized spacial score (nSPS) is 16.9. The fourth-order valence-electron chi connectivity index (χ4n) is 3.53. The maximum atomic E-state index is 13.2. The second-order valence-electron chi connectivity index (χ2n) is 6.43. The molecule has 8 heteroatoms. The summed E-state index contributed by atoms with van der Waals surface area (Å²) in [7, 11) is 1.86. The summed E-state index contributed by atoms with van der Waals surface area (Å²) in [4.78, 5) is 15.0. The molecule has 0 saturated heterocycles. The van der Waals surface area contributed by atoms with Crippen LogP contribution in [0.3, 0.4) is 0 Å². The lowest BCUT2D eigenvalue weighted by Gasteiger charge is -2.33. The van der Waals surface area contributed by atoms with Gasteiger partial charge in [0.15, 0.2) is 17.3 Å². The number of hydrogen-bond donors (Lipinski definition) is 0. The van der Waals surface area contributed by atoms with Crippen LogP contribution in [-0.2, 0) is 24.9 Å². The van der Waals surface area contributed by atoms with Crippen molar-refractivity contribution in [2.24, 2.45) is 7.05 Å². The monoisotopic (exact) mass is 354 g/mol. The van der Waals surface area contributed by atoms with Gasteiger partial charge in [0, 0.05) is 32.1 Å². The van der Waals surface area contributed by atoms with Gasteiger partial charge in [-0.1, -0.05) is 18.2 Å². The highest BCUT2D eigenvalue weighted by Gasteiger charge is 2.33. The summed E-state index contributed by atoms with van der Waals surface area (Å²) in [5.41, 5.74) is 1.43. The fourth-order valence-corrected chi connectivity index (χ4v) is 3.53. The number of rotatable bonds is 4. The molecular formula is C18H22N6O2. The van der Waals surface area contributed by atoms with Crippen LogP contribution in [0.25, 0.3) is 10.9 Å². The van der Waals surface area contributed by atoms with E-state index in [4.69, 9.17) is 4.74 Å². The smallest absolute Gasteiger partial charge is 0.275 e. The van der Waals surface area contributed by atoms with E-state index >= 15 is 0 Å². The summed E-state index contributed by atoms with van der Waals surface area (Å²) in [6, 6.07) is 7.61. The molecule has 1 aromatic carbocycles. The van der Waals surface area contributed by atoms with Crippen LogP contribution >= 0.6 is 0 Å². The van der Waals surface area contributed by atoms with Crippen molar-refractivity contribution < 1.29 is 9.53 Å². The van der Waals surface area contributed by atoms with E-state index in [2.05, 4.69) is 19.9 Å². The Hall–Kier alpha value is -2.74. The molecule has 0 N–H and O–H groups in total. The van der Waals surface area contributed by atoms with E-state index in [9.17, 15) is 4.79 Å². The lowest BCUT2D eigenvalue weighted by Crippen LogP contribution is -2.41. The highest BCUT2D eigenvalue weighted by Crippen LogP contribution is 2.28. The van der Waals surface area contributed by atoms with Crippen molar-refractivity contribution >= 4 is 16.8 Å². The molecular weight excluding hydrogens is 332 g/mol. The Morgan fingerprint density at radius 3 is 2.88 bits per heavy atom. The van der Waals surface area contributed by atoms with Crippen molar-refractivity contribution in [3.05, 3.63) is 41.6 Å². The van der Waals surface area contributed by atoms with Crippen molar-refractivity contribution in [1.29, 1.82) is 0 Å². The lowest BCUT2D eigenvalue weighted by molar-refractivity contribution is 0.0625. The number of carbonyl (C=O) groups excluding carboxylic acids is 1. The van der Waals surface area contributed by atoms with Crippen molar-refractivity contribution in [3.63, 3.8) is 0 Å². The Morgan fingerprint density at radius 2 is 2.08 bits per heavy atom. The van der Waals surface area contributed by atoms with Crippen LogP contribution in [-0.4, -0.2) is 48.5 Å². The summed E-state index contributed by atoms with van der Waals surface area (Å²) in [5, 5.41) is 13.9. The molecule has 0 spiro atoms. The summed E-state index contributed by atoms with van der Waals surface area (Å²) in [6.07, 6.45) is 0. The van der Waals surface area contributed by atoms with Gasteiger partial charge in [-0.2, -0.15) is 5.10 Å². The number of amides is 1. The Bertz CT molecular complexity index is 960. The summed E-state index contributed by atoms with van der Waals surface area (Å²) in [6.45, 7) is 6.26. The van der Waals surface area contributed by atoms with Crippen molar-refractivity contribution in [2.45, 2.75) is 33.0 Å². The zero-order valence-electron chi connectivity index (χ0n) is 15.2. The first-order chi connectivity index (χ1) is 12.6. The van der Waals surface area contributed by atoms with Crippen LogP contribution in [0.5, 0.6) is 0 Å². The topological polar surface area (TPSA) is 78.1 Å². The van der Waals surface area contributed by atoms with E-state index in [1.165, 1.54) is 0 Å². The lowest BCUT2D eigenvalue weighted by atomic mass is 10.1. The molecule has 1 aliphatic heterocycles. The molecule has 8 nitrogen and oxygen atoms in total. The minimum absolute atomic E-state index is 0.0742. The van der Waals surface area contributed by atoms with Gasteiger partial charge in [0.25, 0.3) is 5.91 Å². The van der Waals surface area contributed by atoms with Gasteiger partial charge in [-0.05, 0) is 19.9 Å². The van der Waals surface area contributed by atoms with E-state index in [0.29, 0.717) is 32.0 Å². The van der Waals surface area contributed by atoms with E-state index < -0.39 is 0 Å². The second-order valence-corrected chi connectivity index (χ2v) is 6.43. The first kappa shape index (κ1) is 16.7. The average Bonchev–Trinajstić information content (AvgIpc) is 3.22. The Balaban J connectivity index is 1.64. The van der Waals surface area contributed by atoms with Crippen LogP contribution in [0, 0.1) is 0 Å². The number of aryl methyl sites for hydroxylation is 1. The Morgan fingerprint density at radius 1 is 1.27 bits per heavy atom. The van der Waals surface area contributed by atoms with Gasteiger partial charge < -0.3 is 14.2 Å². The predicted molar refractivity (Wildman–Crippen MR) is 95.5 cm³/mol. The molecule has 0 aliphatic carbocycles. The van der Waals surface area contributed by atoms with E-state index in [-0.39, 0.29) is 11.9 Å². The SMILES string of the molecule is CCOCc1nnc2n1CCN(C(=O)c1nn(C)c3ccccc13)[C@H]2C. The molecule has 1 aliphatic rings. The fraction of sp³-hybridized carbons (Fsp3) is 0.444. The van der Waals surface area contributed by atoms with Gasteiger partial charge in [0.1, 0.15) is 6.61 Å². The molecule has 0 radical (unpaired) electrons. The second kappa shape index (κ2) is 6.53. The number of carbonyl (C=O) groups is 1. The number of aromatic nitrogens is 5. The maximum absolute atomic E-state index is 13.2. The molecule has 3 aromatic rings. The van der Waals surface area contributed by atoms with Crippen LogP contribution in [0.1, 0.15) is 42.0 Å². The number of nitrogens with zero attached hydrogens (tertiary/aromatic N) is 6. The Kier molecular flexibility index (Phi) is 4.20. The van der Waals surface area contributed by atoms with Gasteiger partial charge in [0.05, 0.1) is 11.6 Å². The zero-order valence-corrected chi connectivity index (χ0v) is 15.2. The molecule has 136 valence electrons.